The van der Waals surface area contributed by atoms with Gasteiger partial charge in [0, 0.05) is 22.2 Å². The molecule has 0 aliphatic heterocycles. The summed E-state index contributed by atoms with van der Waals surface area (Å²) in [6.07, 6.45) is 0. The van der Waals surface area contributed by atoms with Crippen LogP contribution >= 0.6 is 11.6 Å². The molecule has 2 aromatic rings. The molecule has 21 heavy (non-hydrogen) atoms. The lowest BCUT2D eigenvalue weighted by atomic mass is 10.0. The number of nitrogens with one attached hydrogen (secondary N) is 1. The van der Waals surface area contributed by atoms with E-state index in [9.17, 15) is 0 Å². The van der Waals surface area contributed by atoms with E-state index in [1.807, 2.05) is 32.2 Å². The van der Waals surface area contributed by atoms with E-state index in [0.29, 0.717) is 6.61 Å². The number of benzene rings is 2. The molecular weight excluding hydrogens is 282 g/mol. The molecule has 112 valence electrons. The SMILES string of the molecule is CNC(C)c1cc(C)ccc1OCc1ccc(C)cc1Cl. The fourth-order valence-electron chi connectivity index (χ4n) is 2.22. The summed E-state index contributed by atoms with van der Waals surface area (Å²) in [7, 11) is 1.95. The molecule has 0 aliphatic carbocycles. The summed E-state index contributed by atoms with van der Waals surface area (Å²) in [5, 5.41) is 4.01. The van der Waals surface area contributed by atoms with Crippen LogP contribution in [0.4, 0.5) is 0 Å². The second kappa shape index (κ2) is 6.97. The van der Waals surface area contributed by atoms with E-state index in [-0.39, 0.29) is 6.04 Å². The Morgan fingerprint density at radius 1 is 1.10 bits per heavy atom. The van der Waals surface area contributed by atoms with Gasteiger partial charge in [0.15, 0.2) is 0 Å². The zero-order chi connectivity index (χ0) is 15.4. The smallest absolute Gasteiger partial charge is 0.124 e. The molecule has 0 heterocycles. The maximum absolute atomic E-state index is 6.26. The summed E-state index contributed by atoms with van der Waals surface area (Å²) in [5.41, 5.74) is 4.56. The van der Waals surface area contributed by atoms with Crippen LogP contribution in [0.3, 0.4) is 0 Å². The molecule has 0 aromatic heterocycles. The van der Waals surface area contributed by atoms with Crippen molar-refractivity contribution in [3.8, 4) is 5.75 Å². The van der Waals surface area contributed by atoms with E-state index in [2.05, 4.69) is 37.4 Å². The van der Waals surface area contributed by atoms with Crippen molar-refractivity contribution in [1.82, 2.24) is 5.32 Å². The third-order valence-corrected chi connectivity index (χ3v) is 4.01. The highest BCUT2D eigenvalue weighted by Crippen LogP contribution is 2.28. The van der Waals surface area contributed by atoms with Crippen molar-refractivity contribution in [1.29, 1.82) is 0 Å². The molecule has 0 amide bonds. The summed E-state index contributed by atoms with van der Waals surface area (Å²) in [4.78, 5) is 0. The predicted molar refractivity (Wildman–Crippen MR) is 89.2 cm³/mol. The van der Waals surface area contributed by atoms with Crippen LogP contribution in [0, 0.1) is 13.8 Å². The average Bonchev–Trinajstić information content (AvgIpc) is 2.46. The van der Waals surface area contributed by atoms with Gasteiger partial charge in [-0.2, -0.15) is 0 Å². The number of rotatable bonds is 5. The van der Waals surface area contributed by atoms with Crippen LogP contribution in [-0.4, -0.2) is 7.05 Å². The maximum atomic E-state index is 6.26. The first-order valence-corrected chi connectivity index (χ1v) is 7.54. The molecule has 2 nitrogen and oxygen atoms in total. The summed E-state index contributed by atoms with van der Waals surface area (Å²) in [6, 6.07) is 12.5. The molecule has 0 saturated heterocycles. The molecule has 0 spiro atoms. The molecule has 2 rings (SSSR count). The molecule has 0 aliphatic rings. The lowest BCUT2D eigenvalue weighted by Gasteiger charge is -2.17. The molecule has 3 heteroatoms. The van der Waals surface area contributed by atoms with Crippen LogP contribution in [0.1, 0.15) is 35.2 Å². The molecular formula is C18H22ClNO. The third-order valence-electron chi connectivity index (χ3n) is 3.66. The number of ether oxygens (including phenoxy) is 1. The normalized spacial score (nSPS) is 12.2. The van der Waals surface area contributed by atoms with Crippen LogP contribution in [0.25, 0.3) is 0 Å². The van der Waals surface area contributed by atoms with Crippen LogP contribution < -0.4 is 10.1 Å². The van der Waals surface area contributed by atoms with Gasteiger partial charge in [-0.1, -0.05) is 41.4 Å². The lowest BCUT2D eigenvalue weighted by Crippen LogP contribution is -2.14. The van der Waals surface area contributed by atoms with Crippen molar-refractivity contribution >= 4 is 11.6 Å². The van der Waals surface area contributed by atoms with Gasteiger partial charge in [-0.15, -0.1) is 0 Å². The second-order valence-corrected chi connectivity index (χ2v) is 5.84. The highest BCUT2D eigenvalue weighted by atomic mass is 35.5. The summed E-state index contributed by atoms with van der Waals surface area (Å²) < 4.78 is 6.00. The number of hydrogen-bond donors (Lipinski definition) is 1. The molecule has 1 atom stereocenters. The molecule has 0 radical (unpaired) electrons. The highest BCUT2D eigenvalue weighted by Gasteiger charge is 2.11. The van der Waals surface area contributed by atoms with Gasteiger partial charge in [0.2, 0.25) is 0 Å². The topological polar surface area (TPSA) is 21.3 Å². The summed E-state index contributed by atoms with van der Waals surface area (Å²) in [5.74, 6) is 0.902. The van der Waals surface area contributed by atoms with Gasteiger partial charge in [0.25, 0.3) is 0 Å². The van der Waals surface area contributed by atoms with Gasteiger partial charge in [-0.3, -0.25) is 0 Å². The minimum atomic E-state index is 0.244. The molecule has 0 bridgehead atoms. The summed E-state index contributed by atoms with van der Waals surface area (Å²) in [6.45, 7) is 6.72. The van der Waals surface area contributed by atoms with E-state index >= 15 is 0 Å². The zero-order valence-electron chi connectivity index (χ0n) is 13.0. The van der Waals surface area contributed by atoms with Gasteiger partial charge >= 0.3 is 0 Å². The first kappa shape index (κ1) is 15.9. The fourth-order valence-corrected chi connectivity index (χ4v) is 2.51. The molecule has 0 fully saturated rings. The van der Waals surface area contributed by atoms with Gasteiger partial charge in [-0.25, -0.2) is 0 Å². The van der Waals surface area contributed by atoms with Crippen molar-refractivity contribution in [3.05, 3.63) is 63.7 Å². The Morgan fingerprint density at radius 2 is 1.76 bits per heavy atom. The van der Waals surface area contributed by atoms with Crippen molar-refractivity contribution in [2.45, 2.75) is 33.4 Å². The quantitative estimate of drug-likeness (QED) is 0.855. The van der Waals surface area contributed by atoms with Crippen LogP contribution in [0.15, 0.2) is 36.4 Å². The Bertz CT molecular complexity index is 625. The second-order valence-electron chi connectivity index (χ2n) is 5.44. The number of aryl methyl sites for hydroxylation is 2. The number of hydrogen-bond acceptors (Lipinski definition) is 2. The van der Waals surface area contributed by atoms with Crippen molar-refractivity contribution < 1.29 is 4.74 Å². The Kier molecular flexibility index (Phi) is 5.27. The molecule has 1 N–H and O–H groups in total. The van der Waals surface area contributed by atoms with E-state index < -0.39 is 0 Å². The van der Waals surface area contributed by atoms with Gasteiger partial charge in [0.05, 0.1) is 0 Å². The maximum Gasteiger partial charge on any atom is 0.124 e. The number of halogens is 1. The van der Waals surface area contributed by atoms with E-state index in [1.54, 1.807) is 0 Å². The molecule has 0 saturated carbocycles. The summed E-state index contributed by atoms with van der Waals surface area (Å²) >= 11 is 6.26. The van der Waals surface area contributed by atoms with E-state index in [4.69, 9.17) is 16.3 Å². The van der Waals surface area contributed by atoms with Crippen LogP contribution in [0.2, 0.25) is 5.02 Å². The Morgan fingerprint density at radius 3 is 2.43 bits per heavy atom. The zero-order valence-corrected chi connectivity index (χ0v) is 13.8. The highest BCUT2D eigenvalue weighted by molar-refractivity contribution is 6.31. The van der Waals surface area contributed by atoms with Crippen LogP contribution in [0.5, 0.6) is 5.75 Å². The molecule has 2 aromatic carbocycles. The largest absolute Gasteiger partial charge is 0.489 e. The van der Waals surface area contributed by atoms with Gasteiger partial charge in [0.1, 0.15) is 12.4 Å². The van der Waals surface area contributed by atoms with Gasteiger partial charge < -0.3 is 10.1 Å². The first-order chi connectivity index (χ1) is 10.0. The predicted octanol–water partition coefficient (Wildman–Crippen LogP) is 4.82. The van der Waals surface area contributed by atoms with Crippen molar-refractivity contribution in [2.75, 3.05) is 7.05 Å². The monoisotopic (exact) mass is 303 g/mol. The average molecular weight is 304 g/mol. The Balaban J connectivity index is 2.19. The van der Waals surface area contributed by atoms with Crippen molar-refractivity contribution in [2.24, 2.45) is 0 Å². The van der Waals surface area contributed by atoms with E-state index in [0.717, 1.165) is 21.9 Å². The standard InChI is InChI=1S/C18H22ClNO/c1-12-6-8-18(16(9-12)14(3)20-4)21-11-15-7-5-13(2)10-17(15)19/h5-10,14,20H,11H2,1-4H3. The Labute approximate surface area is 132 Å². The van der Waals surface area contributed by atoms with E-state index in [1.165, 1.54) is 11.1 Å². The Hall–Kier alpha value is -1.51. The van der Waals surface area contributed by atoms with Gasteiger partial charge in [-0.05, 0) is 45.5 Å². The van der Waals surface area contributed by atoms with Crippen molar-refractivity contribution in [3.63, 3.8) is 0 Å². The first-order valence-electron chi connectivity index (χ1n) is 7.17. The third kappa shape index (κ3) is 3.99. The minimum Gasteiger partial charge on any atom is -0.489 e. The minimum absolute atomic E-state index is 0.244. The fraction of sp³-hybridized carbons (Fsp3) is 0.333. The molecule has 1 unspecified atom stereocenters. The van der Waals surface area contributed by atoms with Crippen LogP contribution in [-0.2, 0) is 6.61 Å². The lowest BCUT2D eigenvalue weighted by molar-refractivity contribution is 0.300.